The van der Waals surface area contributed by atoms with Crippen LogP contribution in [0.5, 0.6) is 0 Å². The number of aliphatic imine (C=N–C) groups is 1. The highest BCUT2D eigenvalue weighted by atomic mass is 32.2. The molecular weight excluding hydrogens is 309 g/mol. The monoisotopic (exact) mass is 320 g/mol. The van der Waals surface area contributed by atoms with Crippen molar-refractivity contribution in [2.45, 2.75) is 25.2 Å². The predicted molar refractivity (Wildman–Crippen MR) is 70.9 cm³/mol. The maximum absolute atomic E-state index is 12.4. The minimum Gasteiger partial charge on any atom is -0.504 e. The van der Waals surface area contributed by atoms with Gasteiger partial charge in [0.05, 0.1) is 5.57 Å². The molecule has 0 radical (unpaired) electrons. The topological polar surface area (TPSA) is 88.3 Å². The van der Waals surface area contributed by atoms with E-state index in [0.717, 1.165) is 6.92 Å². The van der Waals surface area contributed by atoms with Crippen LogP contribution in [0, 0.1) is 6.92 Å². The van der Waals surface area contributed by atoms with Crippen LogP contribution in [0.25, 0.3) is 0 Å². The number of ketones is 1. The van der Waals surface area contributed by atoms with E-state index in [1.807, 2.05) is 0 Å². The Balaban J connectivity index is 3.22. The molecule has 1 aromatic heterocycles. The van der Waals surface area contributed by atoms with E-state index in [9.17, 15) is 18.0 Å². The third-order valence-electron chi connectivity index (χ3n) is 2.11. The van der Waals surface area contributed by atoms with E-state index in [1.54, 1.807) is 13.2 Å². The van der Waals surface area contributed by atoms with Crippen molar-refractivity contribution < 1.29 is 23.1 Å². The average molecular weight is 320 g/mol. The van der Waals surface area contributed by atoms with E-state index in [0.29, 0.717) is 17.2 Å². The van der Waals surface area contributed by atoms with Crippen molar-refractivity contribution in [1.29, 1.82) is 0 Å². The van der Waals surface area contributed by atoms with Crippen molar-refractivity contribution in [2.75, 3.05) is 6.26 Å². The number of hydrogen-bond donors (Lipinski definition) is 1. The maximum atomic E-state index is 12.4. The van der Waals surface area contributed by atoms with Gasteiger partial charge in [-0.15, -0.1) is 0 Å². The number of aliphatic hydroxyl groups is 1. The Kier molecular flexibility index (Phi) is 5.41. The Morgan fingerprint density at radius 3 is 2.43 bits per heavy atom. The van der Waals surface area contributed by atoms with Crippen LogP contribution in [0.15, 0.2) is 21.5 Å². The molecule has 0 bridgehead atoms. The molecule has 1 aromatic rings. The average Bonchev–Trinajstić information content (AvgIpc) is 2.36. The highest BCUT2D eigenvalue weighted by Gasteiger charge is 2.37. The predicted octanol–water partition coefficient (Wildman–Crippen LogP) is 2.57. The molecule has 1 rings (SSSR count). The summed E-state index contributed by atoms with van der Waals surface area (Å²) >= 11 is 1.20. The number of halogens is 3. The number of hydrogen-bond acceptors (Lipinski definition) is 7. The zero-order chi connectivity index (χ0) is 16.2. The van der Waals surface area contributed by atoms with E-state index in [4.69, 9.17) is 5.11 Å². The lowest BCUT2D eigenvalue weighted by Crippen LogP contribution is -2.17. The first-order valence-corrected chi connectivity index (χ1v) is 6.69. The molecule has 0 amide bonds. The summed E-state index contributed by atoms with van der Waals surface area (Å²) in [7, 11) is 0. The summed E-state index contributed by atoms with van der Waals surface area (Å²) in [6.07, 6.45) is -2.74. The number of aliphatic hydroxyl groups excluding tert-OH is 1. The largest absolute Gasteiger partial charge is 0.504 e. The molecule has 0 unspecified atom stereocenters. The minimum absolute atomic E-state index is 0.152. The molecule has 1 heterocycles. The molecule has 0 fully saturated rings. The summed E-state index contributed by atoms with van der Waals surface area (Å²) in [5.74, 6) is -2.81. The number of carbonyl (C=O) groups excluding carboxylic acids is 1. The van der Waals surface area contributed by atoms with Gasteiger partial charge in [-0.25, -0.2) is 9.98 Å². The van der Waals surface area contributed by atoms with Gasteiger partial charge in [0.25, 0.3) is 5.95 Å². The van der Waals surface area contributed by atoms with E-state index >= 15 is 0 Å². The van der Waals surface area contributed by atoms with Crippen molar-refractivity contribution in [3.05, 3.63) is 17.2 Å². The summed E-state index contributed by atoms with van der Waals surface area (Å²) in [6, 6.07) is 0. The summed E-state index contributed by atoms with van der Waals surface area (Å²) in [4.78, 5) is 26.4. The minimum atomic E-state index is -5.04. The van der Waals surface area contributed by atoms with Gasteiger partial charge in [-0.3, -0.25) is 4.79 Å². The second-order valence-corrected chi connectivity index (χ2v) is 4.52. The van der Waals surface area contributed by atoms with Gasteiger partial charge in [0, 0.05) is 6.21 Å². The van der Waals surface area contributed by atoms with Gasteiger partial charge in [0.1, 0.15) is 5.82 Å². The van der Waals surface area contributed by atoms with Crippen LogP contribution in [0.3, 0.4) is 0 Å². The molecule has 0 aromatic carbocycles. The lowest BCUT2D eigenvalue weighted by atomic mass is 10.1. The molecule has 0 aliphatic rings. The van der Waals surface area contributed by atoms with E-state index < -0.39 is 23.3 Å². The van der Waals surface area contributed by atoms with Crippen molar-refractivity contribution >= 4 is 29.7 Å². The molecule has 0 aliphatic carbocycles. The first-order valence-electron chi connectivity index (χ1n) is 5.47. The first-order chi connectivity index (χ1) is 9.65. The molecule has 10 heteroatoms. The second-order valence-electron chi connectivity index (χ2n) is 3.74. The Bertz CT molecular complexity index is 614. The van der Waals surface area contributed by atoms with Crippen LogP contribution in [0.2, 0.25) is 0 Å². The van der Waals surface area contributed by atoms with E-state index in [1.165, 1.54) is 11.8 Å². The van der Waals surface area contributed by atoms with Gasteiger partial charge >= 0.3 is 6.18 Å². The Labute approximate surface area is 122 Å². The van der Waals surface area contributed by atoms with Gasteiger partial charge < -0.3 is 5.11 Å². The van der Waals surface area contributed by atoms with Crippen LogP contribution in [-0.4, -0.2) is 44.5 Å². The molecule has 0 atom stereocenters. The smallest absolute Gasteiger partial charge is 0.449 e. The Hall–Kier alpha value is -1.97. The normalized spacial score (nSPS) is 13.4. The standard InChI is InChI=1S/C11H11F3N4O2S/c1-5(19)7(8(20)11(12,13)14)4-15-9-16-6(2)17-10(18-9)21-3/h4,20H,1-3H3/b8-7-,15-4+. The third kappa shape index (κ3) is 4.81. The number of rotatable bonds is 4. The summed E-state index contributed by atoms with van der Waals surface area (Å²) in [6.45, 7) is 2.45. The number of alkyl halides is 3. The molecule has 1 N–H and O–H groups in total. The summed E-state index contributed by atoms with van der Waals surface area (Å²) < 4.78 is 37.2. The number of allylic oxidation sites excluding steroid dienone is 2. The lowest BCUT2D eigenvalue weighted by molar-refractivity contribution is -0.125. The zero-order valence-corrected chi connectivity index (χ0v) is 12.1. The number of carbonyl (C=O) groups is 1. The van der Waals surface area contributed by atoms with Gasteiger partial charge in [-0.2, -0.15) is 23.1 Å². The van der Waals surface area contributed by atoms with Crippen LogP contribution in [0.4, 0.5) is 19.1 Å². The Morgan fingerprint density at radius 1 is 1.33 bits per heavy atom. The molecule has 114 valence electrons. The highest BCUT2D eigenvalue weighted by Crippen LogP contribution is 2.26. The van der Waals surface area contributed by atoms with E-state index in [2.05, 4.69) is 19.9 Å². The molecule has 0 saturated carbocycles. The van der Waals surface area contributed by atoms with Crippen molar-refractivity contribution in [3.63, 3.8) is 0 Å². The maximum Gasteiger partial charge on any atom is 0.449 e. The van der Waals surface area contributed by atoms with E-state index in [-0.39, 0.29) is 5.95 Å². The summed E-state index contributed by atoms with van der Waals surface area (Å²) in [5, 5.41) is 9.37. The molecule has 0 aliphatic heterocycles. The lowest BCUT2D eigenvalue weighted by Gasteiger charge is -2.07. The molecule has 6 nitrogen and oxygen atoms in total. The van der Waals surface area contributed by atoms with Crippen LogP contribution >= 0.6 is 11.8 Å². The van der Waals surface area contributed by atoms with Crippen LogP contribution in [0.1, 0.15) is 12.7 Å². The van der Waals surface area contributed by atoms with Crippen molar-refractivity contribution in [2.24, 2.45) is 4.99 Å². The number of Topliss-reactive ketones (excluding diaryl/α,β-unsaturated/α-hetero) is 1. The zero-order valence-electron chi connectivity index (χ0n) is 11.3. The number of aromatic nitrogens is 3. The summed E-state index contributed by atoms with van der Waals surface area (Å²) in [5.41, 5.74) is -0.966. The van der Waals surface area contributed by atoms with Gasteiger partial charge in [-0.1, -0.05) is 11.8 Å². The number of aryl methyl sites for hydroxylation is 1. The molecular formula is C11H11F3N4O2S. The third-order valence-corrected chi connectivity index (χ3v) is 2.66. The number of thioether (sulfide) groups is 1. The van der Waals surface area contributed by atoms with Gasteiger partial charge in [-0.05, 0) is 20.1 Å². The molecule has 0 saturated heterocycles. The number of nitrogens with zero attached hydrogens (tertiary/aromatic N) is 4. The van der Waals surface area contributed by atoms with Crippen LogP contribution in [-0.2, 0) is 4.79 Å². The fraction of sp³-hybridized carbons (Fsp3) is 0.364. The fourth-order valence-corrected chi connectivity index (χ4v) is 1.58. The quantitative estimate of drug-likeness (QED) is 0.397. The highest BCUT2D eigenvalue weighted by molar-refractivity contribution is 7.98. The first kappa shape index (κ1) is 17.1. The van der Waals surface area contributed by atoms with Crippen LogP contribution < -0.4 is 0 Å². The van der Waals surface area contributed by atoms with Gasteiger partial charge in [0.2, 0.25) is 5.76 Å². The van der Waals surface area contributed by atoms with Gasteiger partial charge in [0.15, 0.2) is 10.9 Å². The molecule has 21 heavy (non-hydrogen) atoms. The van der Waals surface area contributed by atoms with Crippen molar-refractivity contribution in [3.8, 4) is 0 Å². The molecule has 0 spiro atoms. The fourth-order valence-electron chi connectivity index (χ4n) is 1.19. The van der Waals surface area contributed by atoms with Crippen molar-refractivity contribution in [1.82, 2.24) is 15.0 Å². The SMILES string of the molecule is CSc1nc(C)nc(/N=C/C(C(C)=O)=C(/O)C(F)(F)F)n1. The second kappa shape index (κ2) is 6.66. The Morgan fingerprint density at radius 2 is 1.95 bits per heavy atom.